The van der Waals surface area contributed by atoms with Gasteiger partial charge in [0.2, 0.25) is 0 Å². The molecule has 0 radical (unpaired) electrons. The summed E-state index contributed by atoms with van der Waals surface area (Å²) in [4.78, 5) is 0. The monoisotopic (exact) mass is 255 g/mol. The molecule has 0 fully saturated rings. The number of benzene rings is 2. The van der Waals surface area contributed by atoms with E-state index in [2.05, 4.69) is 22.8 Å². The summed E-state index contributed by atoms with van der Waals surface area (Å²) in [6.45, 7) is 0.469. The van der Waals surface area contributed by atoms with Crippen molar-refractivity contribution in [1.82, 2.24) is 4.57 Å². The first-order chi connectivity index (χ1) is 9.24. The van der Waals surface area contributed by atoms with Crippen molar-refractivity contribution in [2.24, 2.45) is 7.05 Å². The molecule has 3 heteroatoms. The Morgan fingerprint density at radius 3 is 2.53 bits per heavy atom. The molecule has 0 spiro atoms. The van der Waals surface area contributed by atoms with E-state index in [9.17, 15) is 4.39 Å². The summed E-state index contributed by atoms with van der Waals surface area (Å²) in [7, 11) is 2.02. The Labute approximate surface area is 111 Å². The fourth-order valence-electron chi connectivity index (χ4n) is 2.17. The summed E-state index contributed by atoms with van der Waals surface area (Å²) < 4.78 is 20.6. The quantitative estimate of drug-likeness (QED) is 0.692. The molecule has 2 nitrogen and oxygen atoms in total. The highest BCUT2D eigenvalue weighted by Crippen LogP contribution is 2.20. The number of rotatable bonds is 3. The number of hydrogen-bond donors (Lipinski definition) is 0. The minimum atomic E-state index is -0.253. The average Bonchev–Trinajstić information content (AvgIpc) is 2.76. The molecule has 0 saturated heterocycles. The van der Waals surface area contributed by atoms with Gasteiger partial charge in [-0.2, -0.15) is 0 Å². The van der Waals surface area contributed by atoms with Gasteiger partial charge in [-0.15, -0.1) is 0 Å². The fraction of sp³-hybridized carbons (Fsp3) is 0.125. The minimum Gasteiger partial charge on any atom is -0.487 e. The van der Waals surface area contributed by atoms with E-state index in [0.717, 1.165) is 5.69 Å². The van der Waals surface area contributed by atoms with Crippen molar-refractivity contribution in [2.75, 3.05) is 0 Å². The second kappa shape index (κ2) is 4.76. The molecule has 3 rings (SSSR count). The Bertz CT molecular complexity index is 700. The van der Waals surface area contributed by atoms with Crippen LogP contribution in [0.2, 0.25) is 0 Å². The molecule has 96 valence electrons. The lowest BCUT2D eigenvalue weighted by Crippen LogP contribution is -2.01. The second-order valence-corrected chi connectivity index (χ2v) is 4.50. The average molecular weight is 255 g/mol. The van der Waals surface area contributed by atoms with Crippen LogP contribution in [-0.4, -0.2) is 4.57 Å². The molecule has 2 aromatic carbocycles. The van der Waals surface area contributed by atoms with E-state index >= 15 is 0 Å². The number of halogens is 1. The van der Waals surface area contributed by atoms with Crippen LogP contribution in [0.3, 0.4) is 0 Å². The molecule has 0 amide bonds. The molecule has 0 N–H and O–H groups in total. The molecule has 0 aliphatic carbocycles. The highest BCUT2D eigenvalue weighted by Gasteiger charge is 2.05. The van der Waals surface area contributed by atoms with Crippen molar-refractivity contribution in [1.29, 1.82) is 0 Å². The van der Waals surface area contributed by atoms with Crippen LogP contribution < -0.4 is 4.74 Å². The van der Waals surface area contributed by atoms with Gasteiger partial charge in [0.1, 0.15) is 18.2 Å². The van der Waals surface area contributed by atoms with Crippen LogP contribution in [0, 0.1) is 5.82 Å². The summed E-state index contributed by atoms with van der Waals surface area (Å²) in [5.41, 5.74) is 2.27. The van der Waals surface area contributed by atoms with Gasteiger partial charge in [-0.1, -0.05) is 18.2 Å². The number of ether oxygens (including phenoxy) is 1. The fourth-order valence-corrected chi connectivity index (χ4v) is 2.17. The van der Waals surface area contributed by atoms with Crippen molar-refractivity contribution in [3.05, 3.63) is 66.1 Å². The Hall–Kier alpha value is -2.29. The first kappa shape index (κ1) is 11.8. The Morgan fingerprint density at radius 1 is 1.05 bits per heavy atom. The zero-order chi connectivity index (χ0) is 13.2. The third-order valence-corrected chi connectivity index (χ3v) is 3.25. The maximum absolute atomic E-state index is 12.8. The van der Waals surface area contributed by atoms with E-state index in [1.54, 1.807) is 12.1 Å². The van der Waals surface area contributed by atoms with Crippen LogP contribution in [0.4, 0.5) is 4.39 Å². The highest BCUT2D eigenvalue weighted by molar-refractivity contribution is 5.81. The molecular weight excluding hydrogens is 241 g/mol. The van der Waals surface area contributed by atoms with Crippen molar-refractivity contribution in [3.63, 3.8) is 0 Å². The predicted molar refractivity (Wildman–Crippen MR) is 73.7 cm³/mol. The molecular formula is C16H14FNO. The summed E-state index contributed by atoms with van der Waals surface area (Å²) >= 11 is 0. The van der Waals surface area contributed by atoms with Crippen LogP contribution in [-0.2, 0) is 13.7 Å². The number of aromatic nitrogens is 1. The van der Waals surface area contributed by atoms with Crippen molar-refractivity contribution < 1.29 is 9.13 Å². The SMILES string of the molecule is Cn1c(COc2ccc(F)cc2)cc2ccccc21. The van der Waals surface area contributed by atoms with Crippen molar-refractivity contribution in [3.8, 4) is 5.75 Å². The summed E-state index contributed by atoms with van der Waals surface area (Å²) in [5.74, 6) is 0.420. The molecule has 19 heavy (non-hydrogen) atoms. The van der Waals surface area contributed by atoms with Gasteiger partial charge in [0.15, 0.2) is 0 Å². The number of nitrogens with zero attached hydrogens (tertiary/aromatic N) is 1. The van der Waals surface area contributed by atoms with Crippen molar-refractivity contribution >= 4 is 10.9 Å². The van der Waals surface area contributed by atoms with E-state index in [4.69, 9.17) is 4.74 Å². The third kappa shape index (κ3) is 2.32. The van der Waals surface area contributed by atoms with Crippen LogP contribution in [0.1, 0.15) is 5.69 Å². The molecule has 0 aliphatic heterocycles. The van der Waals surface area contributed by atoms with Crippen LogP contribution in [0.15, 0.2) is 54.6 Å². The lowest BCUT2D eigenvalue weighted by Gasteiger charge is -2.07. The largest absolute Gasteiger partial charge is 0.487 e. The number of fused-ring (bicyclic) bond motifs is 1. The summed E-state index contributed by atoms with van der Waals surface area (Å²) in [5, 5.41) is 1.20. The normalized spacial score (nSPS) is 10.8. The molecule has 0 unspecified atom stereocenters. The number of para-hydroxylation sites is 1. The highest BCUT2D eigenvalue weighted by atomic mass is 19.1. The summed E-state index contributed by atoms with van der Waals surface area (Å²) in [6, 6.07) is 16.4. The minimum absolute atomic E-state index is 0.253. The standard InChI is InChI=1S/C16H14FNO/c1-18-14(10-12-4-2-3-5-16(12)18)11-19-15-8-6-13(17)7-9-15/h2-10H,11H2,1H3. The Balaban J connectivity index is 1.82. The van der Waals surface area contributed by atoms with Gasteiger partial charge in [-0.05, 0) is 41.8 Å². The first-order valence-corrected chi connectivity index (χ1v) is 6.16. The molecule has 0 saturated carbocycles. The predicted octanol–water partition coefficient (Wildman–Crippen LogP) is 3.90. The van der Waals surface area contributed by atoms with Gasteiger partial charge >= 0.3 is 0 Å². The Kier molecular flexibility index (Phi) is 2.95. The van der Waals surface area contributed by atoms with Crippen LogP contribution in [0.25, 0.3) is 10.9 Å². The zero-order valence-corrected chi connectivity index (χ0v) is 10.6. The second-order valence-electron chi connectivity index (χ2n) is 4.50. The van der Waals surface area contributed by atoms with Gasteiger partial charge in [-0.3, -0.25) is 0 Å². The topological polar surface area (TPSA) is 14.2 Å². The van der Waals surface area contributed by atoms with E-state index in [1.165, 1.54) is 23.0 Å². The van der Waals surface area contributed by atoms with Crippen LogP contribution in [0.5, 0.6) is 5.75 Å². The van der Waals surface area contributed by atoms with Gasteiger partial charge in [-0.25, -0.2) is 4.39 Å². The van der Waals surface area contributed by atoms with E-state index in [-0.39, 0.29) is 5.82 Å². The van der Waals surface area contributed by atoms with E-state index < -0.39 is 0 Å². The lowest BCUT2D eigenvalue weighted by molar-refractivity contribution is 0.297. The smallest absolute Gasteiger partial charge is 0.128 e. The molecule has 0 bridgehead atoms. The zero-order valence-electron chi connectivity index (χ0n) is 10.6. The van der Waals surface area contributed by atoms with Gasteiger partial charge in [0.25, 0.3) is 0 Å². The molecule has 1 heterocycles. The molecule has 3 aromatic rings. The maximum Gasteiger partial charge on any atom is 0.128 e. The molecule has 0 aliphatic rings. The lowest BCUT2D eigenvalue weighted by atomic mass is 10.2. The molecule has 0 atom stereocenters. The van der Waals surface area contributed by atoms with Gasteiger partial charge in [0, 0.05) is 12.6 Å². The Morgan fingerprint density at radius 2 is 1.79 bits per heavy atom. The van der Waals surface area contributed by atoms with Crippen LogP contribution >= 0.6 is 0 Å². The number of hydrogen-bond acceptors (Lipinski definition) is 1. The van der Waals surface area contributed by atoms with Gasteiger partial charge in [0.05, 0.1) is 5.69 Å². The van der Waals surface area contributed by atoms with E-state index in [1.807, 2.05) is 19.2 Å². The first-order valence-electron chi connectivity index (χ1n) is 6.16. The maximum atomic E-state index is 12.8. The summed E-state index contributed by atoms with van der Waals surface area (Å²) in [6.07, 6.45) is 0. The molecule has 1 aromatic heterocycles. The number of aryl methyl sites for hydroxylation is 1. The third-order valence-electron chi connectivity index (χ3n) is 3.25. The van der Waals surface area contributed by atoms with E-state index in [0.29, 0.717) is 12.4 Å². The van der Waals surface area contributed by atoms with Crippen molar-refractivity contribution in [2.45, 2.75) is 6.61 Å². The van der Waals surface area contributed by atoms with Gasteiger partial charge < -0.3 is 9.30 Å².